The Bertz CT molecular complexity index is 749. The third-order valence-corrected chi connectivity index (χ3v) is 9.38. The van der Waals surface area contributed by atoms with Gasteiger partial charge in [0.05, 0.1) is 44.0 Å². The van der Waals surface area contributed by atoms with Crippen LogP contribution in [0.2, 0.25) is 0 Å². The van der Waals surface area contributed by atoms with Crippen molar-refractivity contribution in [3.63, 3.8) is 0 Å². The molecule has 0 heterocycles. The van der Waals surface area contributed by atoms with Gasteiger partial charge in [0, 0.05) is 0 Å². The third kappa shape index (κ3) is 88.4. The first-order valence-electron chi connectivity index (χ1n) is 23.1. The van der Waals surface area contributed by atoms with Crippen molar-refractivity contribution in [1.29, 1.82) is 0 Å². The van der Waals surface area contributed by atoms with Crippen molar-refractivity contribution in [1.82, 2.24) is 0 Å². The maximum Gasteiger partial charge on any atom is 4.00 e. The molecule has 8 nitrogen and oxygen atoms in total. The molecule has 0 amide bonds. The Kier molecular flexibility index (Phi) is 78.6. The summed E-state index contributed by atoms with van der Waals surface area (Å²) in [5.74, 6) is 0. The molecule has 0 aliphatic heterocycles. The van der Waals surface area contributed by atoms with Gasteiger partial charge in [-0.05, 0) is 25.7 Å². The molecule has 61 heavy (non-hydrogen) atoms. The van der Waals surface area contributed by atoms with E-state index in [0.717, 1.165) is 25.7 Å². The SMILES string of the molecule is CCCCCCCCCCOOC(=S)[S-].CCCCCCCCCCOOC(=S)[S-].CCCCCCCCCCOOC(=S)[S-].CCCCCCCCCCOOC(=S)[S-].[Mo+4]. The second kappa shape index (κ2) is 67.6. The van der Waals surface area contributed by atoms with E-state index in [1.54, 1.807) is 0 Å². The monoisotopic (exact) mass is 1090 g/mol. The van der Waals surface area contributed by atoms with Crippen molar-refractivity contribution >= 4 is 117 Å². The summed E-state index contributed by atoms with van der Waals surface area (Å²) in [7, 11) is 0. The molecule has 0 aromatic heterocycles. The van der Waals surface area contributed by atoms with Crippen LogP contribution in [0.4, 0.5) is 0 Å². The number of unbranched alkanes of at least 4 members (excludes halogenated alkanes) is 28. The molecule has 0 N–H and O–H groups in total. The van der Waals surface area contributed by atoms with Gasteiger partial charge in [-0.3, -0.25) is 0 Å². The fourth-order valence-electron chi connectivity index (χ4n) is 5.54. The van der Waals surface area contributed by atoms with E-state index in [9.17, 15) is 0 Å². The second-order valence-corrected chi connectivity index (χ2v) is 18.5. The fraction of sp³-hybridized carbons (Fsp3) is 0.909. The van der Waals surface area contributed by atoms with E-state index in [0.29, 0.717) is 26.4 Å². The minimum Gasteiger partial charge on any atom is -0.387 e. The van der Waals surface area contributed by atoms with Crippen LogP contribution >= 0.6 is 48.9 Å². The molecular weight excluding hydrogens is 1010 g/mol. The molecule has 0 atom stereocenters. The van der Waals surface area contributed by atoms with E-state index in [-0.39, 0.29) is 38.6 Å². The van der Waals surface area contributed by atoms with E-state index >= 15 is 0 Å². The molecule has 0 aliphatic carbocycles. The van der Waals surface area contributed by atoms with Crippen LogP contribution in [0.15, 0.2) is 0 Å². The van der Waals surface area contributed by atoms with E-state index in [1.807, 2.05) is 0 Å². The number of rotatable bonds is 40. The van der Waals surface area contributed by atoms with Gasteiger partial charge < -0.3 is 119 Å². The first-order chi connectivity index (χ1) is 29.1. The Morgan fingerprint density at radius 3 is 0.525 bits per heavy atom. The maximum absolute atomic E-state index is 4.79. The van der Waals surface area contributed by atoms with E-state index in [2.05, 4.69) is 147 Å². The first kappa shape index (κ1) is 71.0. The summed E-state index contributed by atoms with van der Waals surface area (Å²) in [5.41, 5.74) is 0. The zero-order valence-corrected chi connectivity index (χ0v) is 46.9. The van der Waals surface area contributed by atoms with Gasteiger partial charge in [-0.2, -0.15) is 19.6 Å². The third-order valence-electron chi connectivity index (χ3n) is 8.83. The van der Waals surface area contributed by atoms with Gasteiger partial charge in [-0.15, -0.1) is 0 Å². The van der Waals surface area contributed by atoms with Gasteiger partial charge in [-0.1, -0.05) is 207 Å². The van der Waals surface area contributed by atoms with Crippen molar-refractivity contribution in [2.24, 2.45) is 0 Å². The zero-order valence-electron chi connectivity index (χ0n) is 38.4. The number of hydrogen-bond acceptors (Lipinski definition) is 16. The quantitative estimate of drug-likeness (QED) is 0.0146. The summed E-state index contributed by atoms with van der Waals surface area (Å²) >= 11 is 36.2. The minimum absolute atomic E-state index is 0. The van der Waals surface area contributed by atoms with Gasteiger partial charge in [0.1, 0.15) is 0 Å². The topological polar surface area (TPSA) is 73.8 Å². The molecule has 0 rings (SSSR count). The number of hydrogen-bond donors (Lipinski definition) is 0. The molecule has 0 aromatic carbocycles. The Morgan fingerprint density at radius 1 is 0.262 bits per heavy atom. The Balaban J connectivity index is -0.000000227. The fourth-order valence-corrected chi connectivity index (χ4v) is 5.92. The Morgan fingerprint density at radius 2 is 0.393 bits per heavy atom. The van der Waals surface area contributed by atoms with Crippen LogP contribution in [0, 0.1) is 0 Å². The van der Waals surface area contributed by atoms with Crippen LogP contribution in [0.25, 0.3) is 0 Å². The Labute approximate surface area is 433 Å². The molecular formula is C44H84MoO8S8. The predicted molar refractivity (Wildman–Crippen MR) is 278 cm³/mol. The standard InChI is InChI=1S/4C11H22O2S2.Mo/c4*1-2-3-4-5-6-7-8-9-10-12-13-11(14)15;/h4*2-10H2,1H3,(H,14,15);/q;;;;+4/p-4. The maximum atomic E-state index is 4.79. The average molecular weight is 1090 g/mol. The van der Waals surface area contributed by atoms with Gasteiger partial charge in [-0.25, -0.2) is 0 Å². The van der Waals surface area contributed by atoms with E-state index in [4.69, 9.17) is 19.6 Å². The van der Waals surface area contributed by atoms with Gasteiger partial charge in [0.2, 0.25) is 0 Å². The van der Waals surface area contributed by atoms with Crippen LogP contribution in [-0.2, 0) is 111 Å². The van der Waals surface area contributed by atoms with Crippen LogP contribution in [0.3, 0.4) is 0 Å². The van der Waals surface area contributed by atoms with Crippen LogP contribution < -0.4 is 0 Å². The van der Waals surface area contributed by atoms with Crippen molar-refractivity contribution in [2.45, 2.75) is 233 Å². The molecule has 0 bridgehead atoms. The number of thiocarbonyl (C=S) groups is 4. The normalized spacial score (nSPS) is 10.0. The van der Waals surface area contributed by atoms with Gasteiger partial charge in [0.25, 0.3) is 0 Å². The Hall–Kier alpha value is 0.968. The van der Waals surface area contributed by atoms with Gasteiger partial charge >= 0.3 is 21.1 Å². The summed E-state index contributed by atoms with van der Waals surface area (Å²) in [6.07, 6.45) is 41.0. The average Bonchev–Trinajstić information content (AvgIpc) is 3.21. The van der Waals surface area contributed by atoms with Crippen LogP contribution in [-0.4, -0.2) is 44.0 Å². The smallest absolute Gasteiger partial charge is 0.387 e. The van der Waals surface area contributed by atoms with E-state index < -0.39 is 0 Å². The summed E-state index contributed by atoms with van der Waals surface area (Å²) in [6, 6.07) is 0. The molecule has 0 aromatic rings. The molecule has 0 saturated heterocycles. The molecule has 0 aliphatic rings. The molecule has 0 saturated carbocycles. The van der Waals surface area contributed by atoms with Crippen molar-refractivity contribution in [3.8, 4) is 0 Å². The molecule has 362 valence electrons. The summed E-state index contributed by atoms with van der Waals surface area (Å²) in [5, 5.41) is 0. The van der Waals surface area contributed by atoms with Gasteiger partial charge in [0.15, 0.2) is 0 Å². The summed E-state index contributed by atoms with van der Waals surface area (Å²) < 4.78 is 0.147. The minimum atomic E-state index is 0. The van der Waals surface area contributed by atoms with Crippen molar-refractivity contribution in [3.05, 3.63) is 0 Å². The zero-order chi connectivity index (χ0) is 45.4. The predicted octanol–water partition coefficient (Wildman–Crippen LogP) is 15.6. The van der Waals surface area contributed by atoms with Crippen LogP contribution in [0.5, 0.6) is 0 Å². The van der Waals surface area contributed by atoms with Crippen molar-refractivity contribution < 1.29 is 60.2 Å². The van der Waals surface area contributed by atoms with E-state index in [1.165, 1.54) is 180 Å². The molecule has 0 radical (unpaired) electrons. The first-order valence-corrected chi connectivity index (χ1v) is 26.4. The largest absolute Gasteiger partial charge is 4.00 e. The summed E-state index contributed by atoms with van der Waals surface area (Å²) in [6.45, 7) is 11.3. The molecule has 17 heteroatoms. The second-order valence-electron chi connectivity index (χ2n) is 14.5. The van der Waals surface area contributed by atoms with Crippen LogP contribution in [0.1, 0.15) is 233 Å². The molecule has 0 spiro atoms. The summed E-state index contributed by atoms with van der Waals surface area (Å²) in [4.78, 5) is 37.4. The molecule has 0 fully saturated rings. The molecule has 0 unspecified atom stereocenters. The van der Waals surface area contributed by atoms with Crippen molar-refractivity contribution in [2.75, 3.05) is 26.4 Å².